The maximum absolute atomic E-state index is 12.1. The van der Waals surface area contributed by atoms with Crippen LogP contribution in [0, 0.1) is 6.92 Å². The molecule has 386 valence electrons. The van der Waals surface area contributed by atoms with Crippen LogP contribution in [0.2, 0.25) is 0 Å². The molecule has 1 unspecified atom stereocenters. The molecule has 4 aliphatic rings. The number of methoxy groups -OCH3 is 2. The average molecular weight is 995 g/mol. The quantitative estimate of drug-likeness (QED) is 0.0378. The molecule has 0 fully saturated rings. The number of allylic oxidation sites excluding steroid dienone is 7. The normalized spacial score (nSPS) is 16.1. The zero-order valence-electron chi connectivity index (χ0n) is 41.7. The first-order valence-corrected chi connectivity index (χ1v) is 25.7. The first-order valence-electron chi connectivity index (χ1n) is 24.3. The van der Waals surface area contributed by atoms with Gasteiger partial charge in [-0.1, -0.05) is 50.6 Å². The Labute approximate surface area is 414 Å². The van der Waals surface area contributed by atoms with Gasteiger partial charge in [-0.2, -0.15) is 0 Å². The smallest absolute Gasteiger partial charge is 0.303 e. The molecule has 0 spiro atoms. The van der Waals surface area contributed by atoms with Crippen LogP contribution in [0.15, 0.2) is 87.9 Å². The summed E-state index contributed by atoms with van der Waals surface area (Å²) < 4.78 is 89.8. The number of fused-ring (bicyclic) bond motifs is 2. The lowest BCUT2D eigenvalue weighted by Gasteiger charge is -2.27. The fourth-order valence-corrected chi connectivity index (χ4v) is 9.06. The minimum absolute atomic E-state index is 0.0942. The molecule has 1 aromatic carbocycles. The van der Waals surface area contributed by atoms with Crippen molar-refractivity contribution in [3.8, 4) is 11.3 Å². The van der Waals surface area contributed by atoms with Gasteiger partial charge < -0.3 is 56.9 Å². The molecule has 1 atom stereocenters. The zero-order chi connectivity index (χ0) is 50.2. The number of hydrogen-bond acceptors (Lipinski definition) is 14. The molecule has 1 N–H and O–H groups in total. The van der Waals surface area contributed by atoms with Crippen molar-refractivity contribution in [1.82, 2.24) is 4.58 Å². The number of carbonyl (C=O) groups is 1. The van der Waals surface area contributed by atoms with E-state index in [-0.39, 0.29) is 17.2 Å². The van der Waals surface area contributed by atoms with Crippen molar-refractivity contribution in [2.75, 3.05) is 131 Å². The van der Waals surface area contributed by atoms with Crippen molar-refractivity contribution < 1.29 is 65.2 Å². The van der Waals surface area contributed by atoms with Gasteiger partial charge in [-0.05, 0) is 79.3 Å². The number of aliphatic carboxylic acids is 1. The molecule has 2 aliphatic heterocycles. The molecule has 0 bridgehead atoms. The third kappa shape index (κ3) is 17.4. The van der Waals surface area contributed by atoms with Crippen LogP contribution in [0.3, 0.4) is 0 Å². The van der Waals surface area contributed by atoms with E-state index in [1.807, 2.05) is 32.1 Å². The summed E-state index contributed by atoms with van der Waals surface area (Å²) in [4.78, 5) is 13.1. The van der Waals surface area contributed by atoms with Crippen LogP contribution in [0.25, 0.3) is 17.4 Å². The highest BCUT2D eigenvalue weighted by atomic mass is 32.2. The molecule has 0 saturated carbocycles. The van der Waals surface area contributed by atoms with Gasteiger partial charge in [-0.3, -0.25) is 4.79 Å². The molecule has 0 aromatic heterocycles. The SMILES string of the molecule is COCCOCCOCCOCC[N+](CCOCCOCCOCCOC)=c1ccc2c(C3C=CC=CC3)c(C)c(/C=C/C=C3/N(CCCCCC(=O)O)c4ccc(S(=O)(=O)[O-])cc4C3(C)C)oc-2c1. The maximum atomic E-state index is 12.1. The lowest BCUT2D eigenvalue weighted by molar-refractivity contribution is -0.137. The van der Waals surface area contributed by atoms with E-state index in [2.05, 4.69) is 58.9 Å². The summed E-state index contributed by atoms with van der Waals surface area (Å²) in [6.45, 7) is 14.7. The Kier molecular flexibility index (Phi) is 23.9. The van der Waals surface area contributed by atoms with Crippen LogP contribution in [0.1, 0.15) is 74.3 Å². The summed E-state index contributed by atoms with van der Waals surface area (Å²) in [7, 11) is -1.40. The second-order valence-electron chi connectivity index (χ2n) is 17.5. The van der Waals surface area contributed by atoms with E-state index in [1.165, 1.54) is 17.7 Å². The van der Waals surface area contributed by atoms with Crippen molar-refractivity contribution in [1.29, 1.82) is 0 Å². The van der Waals surface area contributed by atoms with Crippen molar-refractivity contribution in [3.63, 3.8) is 0 Å². The molecule has 17 heteroatoms. The molecule has 0 radical (unpaired) electrons. The lowest BCUT2D eigenvalue weighted by Crippen LogP contribution is -2.36. The summed E-state index contributed by atoms with van der Waals surface area (Å²) in [5.41, 5.74) is 5.01. The van der Waals surface area contributed by atoms with E-state index < -0.39 is 21.5 Å². The summed E-state index contributed by atoms with van der Waals surface area (Å²) in [6, 6.07) is 10.9. The number of benzene rings is 2. The minimum atomic E-state index is -4.68. The Morgan fingerprint density at radius 2 is 1.41 bits per heavy atom. The van der Waals surface area contributed by atoms with Gasteiger partial charge in [0, 0.05) is 61.5 Å². The Morgan fingerprint density at radius 1 is 0.814 bits per heavy atom. The van der Waals surface area contributed by atoms with E-state index in [0.29, 0.717) is 131 Å². The van der Waals surface area contributed by atoms with Crippen molar-refractivity contribution in [2.24, 2.45) is 0 Å². The van der Waals surface area contributed by atoms with E-state index in [1.54, 1.807) is 20.3 Å². The van der Waals surface area contributed by atoms with Gasteiger partial charge in [0.05, 0.1) is 90.2 Å². The maximum Gasteiger partial charge on any atom is 0.303 e. The van der Waals surface area contributed by atoms with Gasteiger partial charge in [-0.25, -0.2) is 13.0 Å². The third-order valence-corrected chi connectivity index (χ3v) is 13.1. The first-order chi connectivity index (χ1) is 33.9. The third-order valence-electron chi connectivity index (χ3n) is 12.3. The molecule has 0 saturated heterocycles. The molecule has 0 amide bonds. The Bertz CT molecular complexity index is 2340. The molecule has 2 heterocycles. The van der Waals surface area contributed by atoms with Gasteiger partial charge in [-0.15, -0.1) is 0 Å². The lowest BCUT2D eigenvalue weighted by atomic mass is 9.83. The highest BCUT2D eigenvalue weighted by Gasteiger charge is 2.40. The van der Waals surface area contributed by atoms with Gasteiger partial charge >= 0.3 is 5.97 Å². The predicted octanol–water partition coefficient (Wildman–Crippen LogP) is 6.70. The van der Waals surface area contributed by atoms with Crippen molar-refractivity contribution in [3.05, 3.63) is 106 Å². The molecule has 16 nitrogen and oxygen atoms in total. The van der Waals surface area contributed by atoms with Crippen LogP contribution in [0.5, 0.6) is 0 Å². The van der Waals surface area contributed by atoms with Crippen LogP contribution >= 0.6 is 0 Å². The van der Waals surface area contributed by atoms with Crippen LogP contribution in [-0.2, 0) is 58.2 Å². The van der Waals surface area contributed by atoms with Crippen LogP contribution in [-0.4, -0.2) is 150 Å². The molecular formula is C53H74N2O14S. The standard InChI is InChI=1S/C53H74N2O14S/c1-41-48(15-12-16-50-53(2,3)46-40-44(70(58,59)60)19-21-47(46)55(50)22-11-7-10-17-51(56)57)69-49-39-43(18-20-45(49)52(41)42-13-8-6-9-14-42)54(23-25-63-31-33-67-37-35-65-29-27-61-4)24-26-64-32-34-68-38-36-66-30-28-62-5/h6,8-9,12-13,15-16,18-21,39-40,42H,7,10-11,14,17,22-38H2,1-5H3,(H-,56,57,58,59,60). The van der Waals surface area contributed by atoms with Crippen molar-refractivity contribution in [2.45, 2.75) is 69.1 Å². The topological polar surface area (TPSA) is 188 Å². The Morgan fingerprint density at radius 3 is 1.97 bits per heavy atom. The van der Waals surface area contributed by atoms with Crippen LogP contribution < -0.4 is 14.8 Å². The summed E-state index contributed by atoms with van der Waals surface area (Å²) in [6.07, 6.45) is 17.4. The van der Waals surface area contributed by atoms with E-state index in [4.69, 9.17) is 42.3 Å². The molecular weight excluding hydrogens is 921 g/mol. The number of nitrogens with zero attached hydrogens (tertiary/aromatic N) is 2. The summed E-state index contributed by atoms with van der Waals surface area (Å²) in [5.74, 6) is 0.720. The van der Waals surface area contributed by atoms with Gasteiger partial charge in [0.1, 0.15) is 34.9 Å². The zero-order valence-corrected chi connectivity index (χ0v) is 42.5. The number of ether oxygens (including phenoxy) is 8. The highest BCUT2D eigenvalue weighted by Crippen LogP contribution is 2.49. The number of hydrogen-bond donors (Lipinski definition) is 1. The second kappa shape index (κ2) is 29.7. The number of unbranched alkanes of at least 4 members (excludes halogenated alkanes) is 2. The largest absolute Gasteiger partial charge is 0.744 e. The van der Waals surface area contributed by atoms with Gasteiger partial charge in [0.15, 0.2) is 13.1 Å². The fraction of sp³-hybridized carbons (Fsp3) is 0.547. The molecule has 1 aromatic rings. The number of anilines is 1. The minimum Gasteiger partial charge on any atom is -0.744 e. The average Bonchev–Trinajstić information content (AvgIpc) is 3.55. The van der Waals surface area contributed by atoms with Gasteiger partial charge in [0.25, 0.3) is 0 Å². The summed E-state index contributed by atoms with van der Waals surface area (Å²) in [5, 5.41) is 10.1. The van der Waals surface area contributed by atoms with E-state index >= 15 is 0 Å². The monoisotopic (exact) mass is 994 g/mol. The molecule has 70 heavy (non-hydrogen) atoms. The number of carboxylic acids is 1. The second-order valence-corrected chi connectivity index (χ2v) is 18.9. The van der Waals surface area contributed by atoms with Gasteiger partial charge in [0.2, 0.25) is 5.36 Å². The summed E-state index contributed by atoms with van der Waals surface area (Å²) >= 11 is 0. The first kappa shape index (κ1) is 56.4. The van der Waals surface area contributed by atoms with E-state index in [0.717, 1.165) is 52.0 Å². The van der Waals surface area contributed by atoms with Crippen LogP contribution in [0.4, 0.5) is 5.69 Å². The molecule has 5 rings (SSSR count). The van der Waals surface area contributed by atoms with E-state index in [9.17, 15) is 22.9 Å². The highest BCUT2D eigenvalue weighted by molar-refractivity contribution is 7.85. The Balaban J connectivity index is 1.43. The fourth-order valence-electron chi connectivity index (χ4n) is 8.56. The Hall–Kier alpha value is -4.53. The molecule has 2 aliphatic carbocycles. The predicted molar refractivity (Wildman–Crippen MR) is 267 cm³/mol. The number of rotatable bonds is 34. The number of carboxylic acid groups (broad SMARTS) is 1. The van der Waals surface area contributed by atoms with Crippen molar-refractivity contribution >= 4 is 27.9 Å².